The van der Waals surface area contributed by atoms with Crippen molar-refractivity contribution in [2.75, 3.05) is 33.7 Å². The summed E-state index contributed by atoms with van der Waals surface area (Å²) in [5.41, 5.74) is 1.41. The molecular formula is C24H24N4O7S2. The van der Waals surface area contributed by atoms with Gasteiger partial charge in [-0.3, -0.25) is 10.2 Å². The molecule has 2 heterocycles. The number of hydrazone groups is 1. The van der Waals surface area contributed by atoms with Crippen LogP contribution in [0.5, 0.6) is 23.0 Å². The van der Waals surface area contributed by atoms with Crippen molar-refractivity contribution in [3.05, 3.63) is 53.1 Å². The summed E-state index contributed by atoms with van der Waals surface area (Å²) in [4.78, 5) is 16.6. The number of amidine groups is 2. The molecule has 0 saturated carbocycles. The van der Waals surface area contributed by atoms with E-state index >= 15 is 0 Å². The van der Waals surface area contributed by atoms with Gasteiger partial charge in [0.05, 0.1) is 19.8 Å². The summed E-state index contributed by atoms with van der Waals surface area (Å²) in [5, 5.41) is 13.4. The molecule has 4 rings (SSSR count). The Morgan fingerprint density at radius 1 is 1.05 bits per heavy atom. The highest BCUT2D eigenvalue weighted by Gasteiger charge is 2.38. The van der Waals surface area contributed by atoms with Crippen molar-refractivity contribution < 1.29 is 32.2 Å². The summed E-state index contributed by atoms with van der Waals surface area (Å²) in [6, 6.07) is 10.9. The maximum atomic E-state index is 12.7. The lowest BCUT2D eigenvalue weighted by Crippen LogP contribution is -2.35. The average molecular weight is 545 g/mol. The van der Waals surface area contributed by atoms with E-state index in [0.717, 1.165) is 34.3 Å². The van der Waals surface area contributed by atoms with E-state index < -0.39 is 15.7 Å². The number of ether oxygens (including phenoxy) is 4. The summed E-state index contributed by atoms with van der Waals surface area (Å²) in [5.74, 6) is 0.810. The number of aliphatic imine (C=N–C) groups is 1. The Balaban J connectivity index is 1.56. The van der Waals surface area contributed by atoms with E-state index in [9.17, 15) is 13.2 Å². The molecule has 1 amide bonds. The number of rotatable bonds is 8. The monoisotopic (exact) mass is 544 g/mol. The first kappa shape index (κ1) is 26.2. The molecule has 37 heavy (non-hydrogen) atoms. The minimum atomic E-state index is -3.62. The molecule has 2 aliphatic rings. The van der Waals surface area contributed by atoms with Gasteiger partial charge in [0.2, 0.25) is 25.1 Å². The van der Waals surface area contributed by atoms with E-state index in [4.69, 9.17) is 24.4 Å². The second-order valence-electron chi connectivity index (χ2n) is 7.88. The van der Waals surface area contributed by atoms with Crippen molar-refractivity contribution in [3.8, 4) is 23.0 Å². The molecule has 13 heteroatoms. The van der Waals surface area contributed by atoms with Crippen LogP contribution in [0.2, 0.25) is 0 Å². The van der Waals surface area contributed by atoms with Crippen LogP contribution in [0.25, 0.3) is 6.08 Å². The first-order chi connectivity index (χ1) is 17.6. The maximum absolute atomic E-state index is 12.7. The lowest BCUT2D eigenvalue weighted by molar-refractivity contribution is -0.114. The van der Waals surface area contributed by atoms with E-state index in [1.807, 2.05) is 31.2 Å². The van der Waals surface area contributed by atoms with Crippen LogP contribution in [-0.2, 0) is 14.6 Å². The van der Waals surface area contributed by atoms with Crippen LogP contribution in [0.3, 0.4) is 0 Å². The van der Waals surface area contributed by atoms with E-state index in [-0.39, 0.29) is 27.6 Å². The van der Waals surface area contributed by atoms with Crippen LogP contribution < -0.4 is 18.9 Å². The molecule has 0 atom stereocenters. The fraction of sp³-hybridized carbons (Fsp3) is 0.250. The number of hydrogen-bond acceptors (Lipinski definition) is 10. The van der Waals surface area contributed by atoms with Crippen LogP contribution in [0.1, 0.15) is 11.1 Å². The molecular weight excluding hydrogens is 520 g/mol. The van der Waals surface area contributed by atoms with E-state index in [0.29, 0.717) is 29.4 Å². The number of para-hydroxylation sites is 1. The SMILES string of the molecule is COc1cc(/C=C2/C(=N)N3N=C(S(C)(=O)=O)SC3=NC2=O)cc(OC)c1OCCOc1ccccc1C. The summed E-state index contributed by atoms with van der Waals surface area (Å²) in [6.45, 7) is 2.46. The molecule has 0 aliphatic carbocycles. The number of methoxy groups -OCH3 is 2. The van der Waals surface area contributed by atoms with Crippen LogP contribution in [0, 0.1) is 12.3 Å². The van der Waals surface area contributed by atoms with Gasteiger partial charge in [-0.25, -0.2) is 8.42 Å². The minimum absolute atomic E-state index is 0.0133. The molecule has 0 saturated heterocycles. The third kappa shape index (κ3) is 5.62. The normalized spacial score (nSPS) is 16.3. The fourth-order valence-corrected chi connectivity index (χ4v) is 5.12. The molecule has 2 aliphatic heterocycles. The number of hydrogen-bond donors (Lipinski definition) is 1. The smallest absolute Gasteiger partial charge is 0.283 e. The first-order valence-electron chi connectivity index (χ1n) is 10.9. The highest BCUT2D eigenvalue weighted by molar-refractivity contribution is 8.42. The quantitative estimate of drug-likeness (QED) is 0.392. The number of nitrogens with one attached hydrogen (secondary N) is 1. The van der Waals surface area contributed by atoms with Gasteiger partial charge in [0.25, 0.3) is 5.91 Å². The Hall–Kier alpha value is -3.84. The van der Waals surface area contributed by atoms with Crippen molar-refractivity contribution in [2.45, 2.75) is 6.92 Å². The Bertz CT molecular complexity index is 1440. The zero-order valence-corrected chi connectivity index (χ0v) is 22.1. The fourth-order valence-electron chi connectivity index (χ4n) is 3.43. The number of amides is 1. The van der Waals surface area contributed by atoms with Gasteiger partial charge < -0.3 is 18.9 Å². The van der Waals surface area contributed by atoms with Crippen molar-refractivity contribution in [1.29, 1.82) is 5.41 Å². The maximum Gasteiger partial charge on any atom is 0.283 e. The number of sulfone groups is 1. The van der Waals surface area contributed by atoms with Gasteiger partial charge in [-0.05, 0) is 54.1 Å². The molecule has 0 spiro atoms. The molecule has 0 radical (unpaired) electrons. The second-order valence-corrected chi connectivity index (χ2v) is 11.0. The summed E-state index contributed by atoms with van der Waals surface area (Å²) < 4.78 is 46.1. The molecule has 2 aromatic carbocycles. The van der Waals surface area contributed by atoms with E-state index in [2.05, 4.69) is 10.1 Å². The van der Waals surface area contributed by atoms with Gasteiger partial charge in [-0.1, -0.05) is 18.2 Å². The highest BCUT2D eigenvalue weighted by atomic mass is 32.3. The van der Waals surface area contributed by atoms with Crippen molar-refractivity contribution in [3.63, 3.8) is 0 Å². The standard InChI is InChI=1S/C24H24N4O7S2/c1-14-7-5-6-8-17(14)34-9-10-35-20-18(32-2)12-15(13-19(20)33-3)11-16-21(25)28-23(26-22(16)29)36-24(27-28)37(4,30)31/h5-8,11-13,25H,9-10H2,1-4H3/b16-11-,25-21?. The highest BCUT2D eigenvalue weighted by Crippen LogP contribution is 2.39. The molecule has 0 fully saturated rings. The van der Waals surface area contributed by atoms with Gasteiger partial charge >= 0.3 is 0 Å². The third-order valence-electron chi connectivity index (χ3n) is 5.23. The number of aryl methyl sites for hydroxylation is 1. The van der Waals surface area contributed by atoms with Crippen molar-refractivity contribution in [1.82, 2.24) is 5.01 Å². The number of carbonyl (C=O) groups excluding carboxylic acids is 1. The van der Waals surface area contributed by atoms with Gasteiger partial charge in [0, 0.05) is 6.26 Å². The van der Waals surface area contributed by atoms with Crippen LogP contribution in [0.4, 0.5) is 0 Å². The second kappa shape index (κ2) is 10.6. The number of carbonyl (C=O) groups is 1. The predicted octanol–water partition coefficient (Wildman–Crippen LogP) is 3.09. The molecule has 0 bridgehead atoms. The van der Waals surface area contributed by atoms with Crippen LogP contribution in [0.15, 0.2) is 52.1 Å². The summed E-state index contributed by atoms with van der Waals surface area (Å²) in [7, 11) is -0.686. The lowest BCUT2D eigenvalue weighted by atomic mass is 10.1. The largest absolute Gasteiger partial charge is 0.493 e. The molecule has 1 N–H and O–H groups in total. The van der Waals surface area contributed by atoms with Gasteiger partial charge in [0.1, 0.15) is 19.0 Å². The Kier molecular flexibility index (Phi) is 7.55. The number of benzene rings is 2. The number of fused-ring (bicyclic) bond motifs is 1. The lowest BCUT2D eigenvalue weighted by Gasteiger charge is -2.20. The zero-order chi connectivity index (χ0) is 26.7. The topological polar surface area (TPSA) is 140 Å². The summed E-state index contributed by atoms with van der Waals surface area (Å²) in [6.07, 6.45) is 2.43. The molecule has 0 aromatic heterocycles. The van der Waals surface area contributed by atoms with Crippen LogP contribution >= 0.6 is 11.8 Å². The van der Waals surface area contributed by atoms with Gasteiger partial charge in [0.15, 0.2) is 17.3 Å². The molecule has 0 unspecified atom stereocenters. The zero-order valence-electron chi connectivity index (χ0n) is 20.5. The van der Waals surface area contributed by atoms with E-state index in [1.54, 1.807) is 12.1 Å². The Morgan fingerprint density at radius 2 is 1.70 bits per heavy atom. The Labute approximate surface area is 218 Å². The molecule has 194 valence electrons. The van der Waals surface area contributed by atoms with Crippen molar-refractivity contribution >= 4 is 49.0 Å². The van der Waals surface area contributed by atoms with Crippen LogP contribution in [-0.4, -0.2) is 68.4 Å². The van der Waals surface area contributed by atoms with Crippen molar-refractivity contribution in [2.24, 2.45) is 10.1 Å². The minimum Gasteiger partial charge on any atom is -0.493 e. The number of nitrogens with zero attached hydrogens (tertiary/aromatic N) is 3. The molecule has 11 nitrogen and oxygen atoms in total. The van der Waals surface area contributed by atoms with Gasteiger partial charge in [-0.15, -0.1) is 5.10 Å². The third-order valence-corrected chi connectivity index (χ3v) is 7.81. The molecule has 2 aromatic rings. The number of thioether (sulfide) groups is 1. The van der Waals surface area contributed by atoms with Gasteiger partial charge in [-0.2, -0.15) is 10.0 Å². The predicted molar refractivity (Wildman–Crippen MR) is 142 cm³/mol. The Morgan fingerprint density at radius 3 is 2.32 bits per heavy atom. The first-order valence-corrected chi connectivity index (χ1v) is 13.6. The summed E-state index contributed by atoms with van der Waals surface area (Å²) >= 11 is 0.722. The average Bonchev–Trinajstić information content (AvgIpc) is 3.30. The van der Waals surface area contributed by atoms with E-state index in [1.165, 1.54) is 20.3 Å².